The van der Waals surface area contributed by atoms with Crippen molar-refractivity contribution in [2.75, 3.05) is 0 Å². The van der Waals surface area contributed by atoms with Crippen LogP contribution in [0.25, 0.3) is 10.2 Å². The van der Waals surface area contributed by atoms with Gasteiger partial charge in [-0.2, -0.15) is 5.10 Å². The molecule has 1 saturated carbocycles. The normalized spacial score (nSPS) is 19.3. The molecule has 1 aliphatic carbocycles. The highest BCUT2D eigenvalue weighted by Gasteiger charge is 2.27. The van der Waals surface area contributed by atoms with Crippen LogP contribution in [0.4, 0.5) is 0 Å². The number of rotatable bonds is 5. The molecule has 0 spiro atoms. The number of hydrogen-bond donors (Lipinski definition) is 2. The van der Waals surface area contributed by atoms with Gasteiger partial charge in [0.1, 0.15) is 4.70 Å². The Morgan fingerprint density at radius 2 is 2.00 bits per heavy atom. The van der Waals surface area contributed by atoms with Gasteiger partial charge in [-0.3, -0.25) is 18.8 Å². The molecular weight excluding hydrogens is 402 g/mol. The van der Waals surface area contributed by atoms with E-state index < -0.39 is 0 Å². The summed E-state index contributed by atoms with van der Waals surface area (Å²) in [4.78, 5) is 40.4. The number of aryl methyl sites for hydroxylation is 2. The number of nitrogens with zero attached hydrogens (tertiary/aromatic N) is 3. The molecular formula is C21H27N5O3S. The average Bonchev–Trinajstić information content (AvgIpc) is 3.28. The number of nitrogens with one attached hydrogen (secondary N) is 2. The lowest BCUT2D eigenvalue weighted by Crippen LogP contribution is -2.38. The minimum Gasteiger partial charge on any atom is -0.352 e. The zero-order valence-corrected chi connectivity index (χ0v) is 18.3. The van der Waals surface area contributed by atoms with Gasteiger partial charge in [0.05, 0.1) is 11.2 Å². The van der Waals surface area contributed by atoms with E-state index in [1.807, 2.05) is 31.0 Å². The first-order valence-electron chi connectivity index (χ1n) is 10.3. The summed E-state index contributed by atoms with van der Waals surface area (Å²) in [7, 11) is 1.90. The van der Waals surface area contributed by atoms with Gasteiger partial charge < -0.3 is 10.3 Å². The lowest BCUT2D eigenvalue weighted by Gasteiger charge is -2.28. The maximum Gasteiger partial charge on any atom is 0.328 e. The smallest absolute Gasteiger partial charge is 0.328 e. The molecule has 3 aromatic rings. The summed E-state index contributed by atoms with van der Waals surface area (Å²) in [5, 5.41) is 9.26. The summed E-state index contributed by atoms with van der Waals surface area (Å²) in [5.74, 6) is 0.285. The van der Waals surface area contributed by atoms with Crippen molar-refractivity contribution >= 4 is 27.5 Å². The van der Waals surface area contributed by atoms with E-state index in [9.17, 15) is 14.4 Å². The minimum absolute atomic E-state index is 0.0201. The predicted molar refractivity (Wildman–Crippen MR) is 117 cm³/mol. The van der Waals surface area contributed by atoms with Gasteiger partial charge in [0.2, 0.25) is 5.91 Å². The number of fused-ring (bicyclic) bond motifs is 1. The Morgan fingerprint density at radius 3 is 2.67 bits per heavy atom. The van der Waals surface area contributed by atoms with E-state index >= 15 is 0 Å². The molecule has 3 heterocycles. The maximum atomic E-state index is 12.6. The Labute approximate surface area is 177 Å². The molecule has 1 fully saturated rings. The molecule has 9 heteroatoms. The van der Waals surface area contributed by atoms with Gasteiger partial charge in [-0.05, 0) is 56.9 Å². The fraction of sp³-hybridized carbons (Fsp3) is 0.524. The van der Waals surface area contributed by atoms with Crippen molar-refractivity contribution in [1.29, 1.82) is 0 Å². The molecule has 0 radical (unpaired) electrons. The molecule has 160 valence electrons. The zero-order valence-electron chi connectivity index (χ0n) is 17.5. The van der Waals surface area contributed by atoms with Crippen molar-refractivity contribution in [3.8, 4) is 0 Å². The van der Waals surface area contributed by atoms with Gasteiger partial charge in [0.25, 0.3) is 5.56 Å². The topological polar surface area (TPSA) is 102 Å². The number of aromatic nitrogens is 4. The lowest BCUT2D eigenvalue weighted by molar-refractivity contribution is -0.126. The summed E-state index contributed by atoms with van der Waals surface area (Å²) < 4.78 is 3.74. The van der Waals surface area contributed by atoms with Crippen LogP contribution in [0.5, 0.6) is 0 Å². The summed E-state index contributed by atoms with van der Waals surface area (Å²) in [5.41, 5.74) is 3.11. The molecule has 8 nitrogen and oxygen atoms in total. The Balaban J connectivity index is 1.34. The Bertz CT molecular complexity index is 1190. The van der Waals surface area contributed by atoms with E-state index in [4.69, 9.17) is 0 Å². The van der Waals surface area contributed by atoms with Crippen molar-refractivity contribution in [2.45, 2.75) is 52.6 Å². The lowest BCUT2D eigenvalue weighted by atomic mass is 9.81. The molecule has 4 rings (SSSR count). The molecule has 0 saturated heterocycles. The molecule has 1 aliphatic rings. The second kappa shape index (κ2) is 8.22. The van der Waals surface area contributed by atoms with Crippen molar-refractivity contribution in [1.82, 2.24) is 24.6 Å². The van der Waals surface area contributed by atoms with Crippen LogP contribution in [-0.4, -0.2) is 25.2 Å². The van der Waals surface area contributed by atoms with Crippen LogP contribution in [0.15, 0.2) is 21.0 Å². The van der Waals surface area contributed by atoms with Gasteiger partial charge in [0, 0.05) is 37.3 Å². The van der Waals surface area contributed by atoms with Crippen LogP contribution >= 0.6 is 11.3 Å². The predicted octanol–water partition coefficient (Wildman–Crippen LogP) is 2.22. The van der Waals surface area contributed by atoms with E-state index in [1.165, 1.54) is 15.9 Å². The third-order valence-electron chi connectivity index (χ3n) is 6.35. The molecule has 0 bridgehead atoms. The number of carbonyl (C=O) groups excluding carboxylic acids is 1. The van der Waals surface area contributed by atoms with Gasteiger partial charge in [-0.1, -0.05) is 0 Å². The van der Waals surface area contributed by atoms with Crippen molar-refractivity contribution in [3.05, 3.63) is 49.2 Å². The van der Waals surface area contributed by atoms with Crippen molar-refractivity contribution < 1.29 is 4.79 Å². The zero-order chi connectivity index (χ0) is 21.4. The first-order valence-corrected chi connectivity index (χ1v) is 11.2. The number of aromatic amines is 1. The van der Waals surface area contributed by atoms with Crippen molar-refractivity contribution in [3.63, 3.8) is 0 Å². The number of amides is 1. The quantitative estimate of drug-likeness (QED) is 0.649. The summed E-state index contributed by atoms with van der Waals surface area (Å²) in [6, 6.07) is 1.76. The third-order valence-corrected chi connectivity index (χ3v) is 7.25. The van der Waals surface area contributed by atoms with Gasteiger partial charge >= 0.3 is 5.69 Å². The summed E-state index contributed by atoms with van der Waals surface area (Å²) in [6.07, 6.45) is 3.21. The number of H-pyrrole nitrogens is 1. The van der Waals surface area contributed by atoms with Gasteiger partial charge in [-0.25, -0.2) is 4.79 Å². The van der Waals surface area contributed by atoms with Crippen LogP contribution < -0.4 is 16.6 Å². The number of thiophene rings is 1. The number of hydrogen-bond acceptors (Lipinski definition) is 5. The first kappa shape index (κ1) is 20.6. The SMILES string of the molecule is Cc1nn(C)c(C)c1CNC(=O)C1CCC(Cn2c(=O)[nH]c3ccsc3c2=O)CC1. The average molecular weight is 430 g/mol. The first-order chi connectivity index (χ1) is 14.3. The third kappa shape index (κ3) is 3.86. The second-order valence-electron chi connectivity index (χ2n) is 8.22. The highest BCUT2D eigenvalue weighted by atomic mass is 32.1. The van der Waals surface area contributed by atoms with E-state index in [0.717, 1.165) is 42.6 Å². The van der Waals surface area contributed by atoms with Crippen LogP contribution in [-0.2, 0) is 24.9 Å². The molecule has 0 atom stereocenters. The molecule has 0 aliphatic heterocycles. The molecule has 30 heavy (non-hydrogen) atoms. The molecule has 3 aromatic heterocycles. The van der Waals surface area contributed by atoms with E-state index in [1.54, 1.807) is 6.07 Å². The van der Waals surface area contributed by atoms with Crippen LogP contribution in [0.2, 0.25) is 0 Å². The maximum absolute atomic E-state index is 12.6. The standard InChI is InChI=1S/C21H27N5O3S/c1-12-16(13(2)25(3)24-12)10-22-19(27)15-6-4-14(5-7-15)11-26-20(28)18-17(8-9-30-18)23-21(26)29/h8-9,14-15H,4-7,10-11H2,1-3H3,(H,22,27)(H,23,29). The van der Waals surface area contributed by atoms with Gasteiger partial charge in [0.15, 0.2) is 0 Å². The highest BCUT2D eigenvalue weighted by molar-refractivity contribution is 7.17. The van der Waals surface area contributed by atoms with E-state index in [2.05, 4.69) is 15.4 Å². The van der Waals surface area contributed by atoms with Gasteiger partial charge in [-0.15, -0.1) is 11.3 Å². The fourth-order valence-corrected chi connectivity index (χ4v) is 5.19. The highest BCUT2D eigenvalue weighted by Crippen LogP contribution is 2.30. The van der Waals surface area contributed by atoms with E-state index in [-0.39, 0.29) is 29.0 Å². The largest absolute Gasteiger partial charge is 0.352 e. The van der Waals surface area contributed by atoms with Crippen LogP contribution in [0.3, 0.4) is 0 Å². The van der Waals surface area contributed by atoms with Crippen LogP contribution in [0.1, 0.15) is 42.6 Å². The van der Waals surface area contributed by atoms with Crippen molar-refractivity contribution in [2.24, 2.45) is 18.9 Å². The minimum atomic E-state index is -0.354. The molecule has 2 N–H and O–H groups in total. The second-order valence-corrected chi connectivity index (χ2v) is 9.13. The molecule has 1 amide bonds. The van der Waals surface area contributed by atoms with Crippen LogP contribution in [0, 0.1) is 25.7 Å². The van der Waals surface area contributed by atoms with E-state index in [0.29, 0.717) is 23.3 Å². The Kier molecular flexibility index (Phi) is 5.64. The Hall–Kier alpha value is -2.68. The molecule has 0 unspecified atom stereocenters. The molecule has 0 aromatic carbocycles. The summed E-state index contributed by atoms with van der Waals surface area (Å²) in [6.45, 7) is 4.86. The number of carbonyl (C=O) groups is 1. The monoisotopic (exact) mass is 429 g/mol. The fourth-order valence-electron chi connectivity index (χ4n) is 4.40. The Morgan fingerprint density at radius 1 is 1.27 bits per heavy atom. The summed E-state index contributed by atoms with van der Waals surface area (Å²) >= 11 is 1.35.